The number of furan rings is 1. The van der Waals surface area contributed by atoms with Gasteiger partial charge in [-0.15, -0.1) is 0 Å². The molecule has 0 aliphatic carbocycles. The first-order valence-electron chi connectivity index (χ1n) is 5.17. The van der Waals surface area contributed by atoms with Gasteiger partial charge in [0.1, 0.15) is 5.76 Å². The molecule has 2 aromatic heterocycles. The number of carboxylic acid groups (broad SMARTS) is 1. The number of carbonyl (C=O) groups is 2. The lowest BCUT2D eigenvalue weighted by Gasteiger charge is -1.98. The summed E-state index contributed by atoms with van der Waals surface area (Å²) < 4.78 is 6.63. The standard InChI is InChI=1S/C11H11N3O4/c1-7(15)12-10-4-5-14(13-10)6-8-2-3-9(18-8)11(16)17/h2-5H,6H2,1H3,(H,16,17)(H,12,13,15). The fourth-order valence-corrected chi connectivity index (χ4v) is 1.43. The Bertz CT molecular complexity index is 585. The van der Waals surface area contributed by atoms with Gasteiger partial charge in [-0.1, -0.05) is 0 Å². The average Bonchev–Trinajstić information content (AvgIpc) is 2.88. The molecule has 94 valence electrons. The van der Waals surface area contributed by atoms with E-state index in [2.05, 4.69) is 10.4 Å². The molecular weight excluding hydrogens is 238 g/mol. The minimum atomic E-state index is -1.11. The quantitative estimate of drug-likeness (QED) is 0.847. The number of amides is 1. The fraction of sp³-hybridized carbons (Fsp3) is 0.182. The van der Waals surface area contributed by atoms with Crippen molar-refractivity contribution >= 4 is 17.7 Å². The number of hydrogen-bond acceptors (Lipinski definition) is 4. The van der Waals surface area contributed by atoms with Gasteiger partial charge in [0.05, 0.1) is 6.54 Å². The van der Waals surface area contributed by atoms with Crippen molar-refractivity contribution in [3.63, 3.8) is 0 Å². The maximum absolute atomic E-state index is 10.8. The van der Waals surface area contributed by atoms with Crippen LogP contribution in [0.5, 0.6) is 0 Å². The molecular formula is C11H11N3O4. The highest BCUT2D eigenvalue weighted by atomic mass is 16.4. The van der Waals surface area contributed by atoms with Gasteiger partial charge < -0.3 is 14.8 Å². The van der Waals surface area contributed by atoms with Crippen LogP contribution in [0, 0.1) is 0 Å². The summed E-state index contributed by atoms with van der Waals surface area (Å²) in [7, 11) is 0. The summed E-state index contributed by atoms with van der Waals surface area (Å²) in [5.74, 6) is -0.510. The number of aromatic carboxylic acids is 1. The van der Waals surface area contributed by atoms with E-state index in [1.165, 1.54) is 17.7 Å². The minimum Gasteiger partial charge on any atom is -0.475 e. The smallest absolute Gasteiger partial charge is 0.371 e. The average molecular weight is 249 g/mol. The van der Waals surface area contributed by atoms with E-state index in [0.717, 1.165) is 0 Å². The van der Waals surface area contributed by atoms with Crippen LogP contribution < -0.4 is 5.32 Å². The summed E-state index contributed by atoms with van der Waals surface area (Å²) in [5.41, 5.74) is 0. The molecule has 2 heterocycles. The Morgan fingerprint density at radius 3 is 2.83 bits per heavy atom. The van der Waals surface area contributed by atoms with Crippen molar-refractivity contribution in [2.45, 2.75) is 13.5 Å². The molecule has 0 radical (unpaired) electrons. The molecule has 0 fully saturated rings. The first-order chi connectivity index (χ1) is 8.54. The van der Waals surface area contributed by atoms with E-state index in [1.807, 2.05) is 0 Å². The molecule has 2 rings (SSSR count). The maximum Gasteiger partial charge on any atom is 0.371 e. The molecule has 0 aliphatic rings. The lowest BCUT2D eigenvalue weighted by Crippen LogP contribution is -2.07. The van der Waals surface area contributed by atoms with Gasteiger partial charge in [-0.2, -0.15) is 5.10 Å². The molecule has 7 heteroatoms. The molecule has 0 atom stereocenters. The van der Waals surface area contributed by atoms with E-state index in [0.29, 0.717) is 18.1 Å². The highest BCUT2D eigenvalue weighted by Gasteiger charge is 2.09. The van der Waals surface area contributed by atoms with Crippen molar-refractivity contribution in [2.24, 2.45) is 0 Å². The van der Waals surface area contributed by atoms with Crippen LogP contribution in [0.25, 0.3) is 0 Å². The zero-order valence-electron chi connectivity index (χ0n) is 9.58. The van der Waals surface area contributed by atoms with E-state index >= 15 is 0 Å². The normalized spacial score (nSPS) is 10.3. The zero-order chi connectivity index (χ0) is 13.1. The number of carbonyl (C=O) groups excluding carboxylic acids is 1. The van der Waals surface area contributed by atoms with Crippen LogP contribution in [-0.2, 0) is 11.3 Å². The van der Waals surface area contributed by atoms with E-state index in [-0.39, 0.29) is 11.7 Å². The molecule has 2 N–H and O–H groups in total. The van der Waals surface area contributed by atoms with E-state index < -0.39 is 5.97 Å². The summed E-state index contributed by atoms with van der Waals surface area (Å²) in [6.07, 6.45) is 1.66. The Hall–Kier alpha value is -2.57. The number of aromatic nitrogens is 2. The molecule has 2 aromatic rings. The van der Waals surface area contributed by atoms with Crippen molar-refractivity contribution in [1.29, 1.82) is 0 Å². The lowest BCUT2D eigenvalue weighted by molar-refractivity contribution is -0.114. The van der Waals surface area contributed by atoms with Gasteiger partial charge in [-0.3, -0.25) is 9.48 Å². The van der Waals surface area contributed by atoms with Gasteiger partial charge in [0.15, 0.2) is 5.82 Å². The minimum absolute atomic E-state index is 0.112. The predicted molar refractivity (Wildman–Crippen MR) is 61.3 cm³/mol. The van der Waals surface area contributed by atoms with E-state index in [9.17, 15) is 9.59 Å². The second-order valence-electron chi connectivity index (χ2n) is 3.65. The van der Waals surface area contributed by atoms with Crippen molar-refractivity contribution in [3.05, 3.63) is 35.9 Å². The van der Waals surface area contributed by atoms with Crippen LogP contribution in [0.2, 0.25) is 0 Å². The molecule has 7 nitrogen and oxygen atoms in total. The maximum atomic E-state index is 10.8. The molecule has 0 aliphatic heterocycles. The van der Waals surface area contributed by atoms with Crippen LogP contribution in [0.4, 0.5) is 5.82 Å². The number of nitrogens with zero attached hydrogens (tertiary/aromatic N) is 2. The van der Waals surface area contributed by atoms with Gasteiger partial charge in [-0.25, -0.2) is 4.79 Å². The van der Waals surface area contributed by atoms with Gasteiger partial charge in [0.25, 0.3) is 0 Å². The SMILES string of the molecule is CC(=O)Nc1ccn(Cc2ccc(C(=O)O)o2)n1. The first-order valence-corrected chi connectivity index (χ1v) is 5.17. The lowest BCUT2D eigenvalue weighted by atomic mass is 10.4. The molecule has 0 unspecified atom stereocenters. The van der Waals surface area contributed by atoms with Crippen LogP contribution in [0.15, 0.2) is 28.8 Å². The van der Waals surface area contributed by atoms with Crippen molar-refractivity contribution < 1.29 is 19.1 Å². The van der Waals surface area contributed by atoms with Gasteiger partial charge in [0.2, 0.25) is 11.7 Å². The first kappa shape index (κ1) is 11.9. The number of carboxylic acids is 1. The predicted octanol–water partition coefficient (Wildman–Crippen LogP) is 1.18. The summed E-state index contributed by atoms with van der Waals surface area (Å²) in [6.45, 7) is 1.69. The highest BCUT2D eigenvalue weighted by molar-refractivity contribution is 5.87. The van der Waals surface area contributed by atoms with Crippen LogP contribution in [0.3, 0.4) is 0 Å². The van der Waals surface area contributed by atoms with Crippen molar-refractivity contribution in [3.8, 4) is 0 Å². The van der Waals surface area contributed by atoms with Gasteiger partial charge >= 0.3 is 5.97 Å². The van der Waals surface area contributed by atoms with Crippen molar-refractivity contribution in [2.75, 3.05) is 5.32 Å². The summed E-state index contributed by atoms with van der Waals surface area (Å²) in [4.78, 5) is 21.4. The van der Waals surface area contributed by atoms with Crippen LogP contribution in [-0.4, -0.2) is 26.8 Å². The second-order valence-corrected chi connectivity index (χ2v) is 3.65. The van der Waals surface area contributed by atoms with E-state index in [1.54, 1.807) is 18.3 Å². The Morgan fingerprint density at radius 1 is 1.44 bits per heavy atom. The Kier molecular flexibility index (Phi) is 3.13. The molecule has 0 bridgehead atoms. The molecule has 1 amide bonds. The number of nitrogens with one attached hydrogen (secondary N) is 1. The second kappa shape index (κ2) is 4.74. The summed E-state index contributed by atoms with van der Waals surface area (Å²) in [6, 6.07) is 4.60. The Morgan fingerprint density at radius 2 is 2.22 bits per heavy atom. The van der Waals surface area contributed by atoms with Gasteiger partial charge in [0, 0.05) is 19.2 Å². The molecule has 0 aromatic carbocycles. The molecule has 0 spiro atoms. The molecule has 0 saturated heterocycles. The largest absolute Gasteiger partial charge is 0.475 e. The van der Waals surface area contributed by atoms with Gasteiger partial charge in [-0.05, 0) is 12.1 Å². The third-order valence-corrected chi connectivity index (χ3v) is 2.14. The molecule has 0 saturated carbocycles. The highest BCUT2D eigenvalue weighted by Crippen LogP contribution is 2.10. The number of anilines is 1. The monoisotopic (exact) mass is 249 g/mol. The Balaban J connectivity index is 2.06. The molecule has 18 heavy (non-hydrogen) atoms. The topological polar surface area (TPSA) is 97.4 Å². The Labute approximate surface area is 102 Å². The fourth-order valence-electron chi connectivity index (χ4n) is 1.43. The summed E-state index contributed by atoms with van der Waals surface area (Å²) >= 11 is 0. The van der Waals surface area contributed by atoms with Crippen LogP contribution >= 0.6 is 0 Å². The third-order valence-electron chi connectivity index (χ3n) is 2.14. The van der Waals surface area contributed by atoms with E-state index in [4.69, 9.17) is 9.52 Å². The third kappa shape index (κ3) is 2.76. The zero-order valence-corrected chi connectivity index (χ0v) is 9.58. The number of rotatable bonds is 4. The number of hydrogen-bond donors (Lipinski definition) is 2. The van der Waals surface area contributed by atoms with Crippen LogP contribution in [0.1, 0.15) is 23.2 Å². The van der Waals surface area contributed by atoms with Crippen molar-refractivity contribution in [1.82, 2.24) is 9.78 Å². The summed E-state index contributed by atoms with van der Waals surface area (Å²) in [5, 5.41) is 15.3.